The van der Waals surface area contributed by atoms with Gasteiger partial charge < -0.3 is 14.0 Å². The van der Waals surface area contributed by atoms with Crippen LogP contribution in [-0.2, 0) is 17.1 Å². The van der Waals surface area contributed by atoms with Gasteiger partial charge in [-0.05, 0) is 49.7 Å². The van der Waals surface area contributed by atoms with Crippen molar-refractivity contribution in [2.75, 3.05) is 26.2 Å². The smallest absolute Gasteiger partial charge is 0.262 e. The molecule has 1 aliphatic heterocycles. The number of aromatic nitrogens is 3. The third-order valence-corrected chi connectivity index (χ3v) is 7.22. The van der Waals surface area contributed by atoms with Crippen molar-refractivity contribution in [3.05, 3.63) is 66.4 Å². The maximum absolute atomic E-state index is 13.0. The molecule has 4 rings (SSSR count). The fourth-order valence-electron chi connectivity index (χ4n) is 3.59. The SMILES string of the molecule is Cc1nc(S(=O)(=O)N2CCCN(C(=O)c3ccc(-n4cccc4)cc3)CC2)cn1C. The Hall–Kier alpha value is -2.91. The standard InChI is InChI=1S/C21H25N5O3S/c1-17-22-20(16-23(17)2)30(28,29)26-13-5-12-25(14-15-26)21(27)18-6-8-19(9-7-18)24-10-3-4-11-24/h3-4,6-11,16H,5,12-15H2,1-2H3. The quantitative estimate of drug-likeness (QED) is 0.638. The van der Waals surface area contributed by atoms with Gasteiger partial charge in [0.2, 0.25) is 0 Å². The van der Waals surface area contributed by atoms with Gasteiger partial charge in [0.25, 0.3) is 15.9 Å². The van der Waals surface area contributed by atoms with E-state index in [2.05, 4.69) is 4.98 Å². The van der Waals surface area contributed by atoms with Crippen LogP contribution in [0.3, 0.4) is 0 Å². The van der Waals surface area contributed by atoms with Crippen LogP contribution < -0.4 is 0 Å². The van der Waals surface area contributed by atoms with E-state index in [4.69, 9.17) is 0 Å². The number of carbonyl (C=O) groups is 1. The van der Waals surface area contributed by atoms with Crippen molar-refractivity contribution in [1.29, 1.82) is 0 Å². The summed E-state index contributed by atoms with van der Waals surface area (Å²) in [5, 5.41) is 0.0582. The molecule has 2 aromatic heterocycles. The van der Waals surface area contributed by atoms with Crippen LogP contribution in [0.15, 0.2) is 60.0 Å². The number of nitrogens with zero attached hydrogens (tertiary/aromatic N) is 5. The summed E-state index contributed by atoms with van der Waals surface area (Å²) in [7, 11) is -1.90. The molecular weight excluding hydrogens is 402 g/mol. The Morgan fingerprint density at radius 3 is 2.33 bits per heavy atom. The third-order valence-electron chi connectivity index (χ3n) is 5.45. The van der Waals surface area contributed by atoms with Crippen molar-refractivity contribution in [3.63, 3.8) is 0 Å². The van der Waals surface area contributed by atoms with Crippen LogP contribution in [0.5, 0.6) is 0 Å². The fraction of sp³-hybridized carbons (Fsp3) is 0.333. The zero-order valence-corrected chi connectivity index (χ0v) is 17.9. The molecule has 9 heteroatoms. The number of imidazole rings is 1. The van der Waals surface area contributed by atoms with Gasteiger partial charge in [0.05, 0.1) is 0 Å². The summed E-state index contributed by atoms with van der Waals surface area (Å²) in [5.74, 6) is 0.561. The van der Waals surface area contributed by atoms with E-state index in [1.54, 1.807) is 23.4 Å². The van der Waals surface area contributed by atoms with E-state index in [0.29, 0.717) is 37.4 Å². The van der Waals surface area contributed by atoms with Crippen molar-refractivity contribution < 1.29 is 13.2 Å². The minimum absolute atomic E-state index is 0.0582. The van der Waals surface area contributed by atoms with Gasteiger partial charge in [-0.25, -0.2) is 13.4 Å². The van der Waals surface area contributed by atoms with Crippen LogP contribution in [0.1, 0.15) is 22.6 Å². The van der Waals surface area contributed by atoms with E-state index in [1.807, 2.05) is 53.4 Å². The molecule has 158 valence electrons. The van der Waals surface area contributed by atoms with E-state index < -0.39 is 10.0 Å². The highest BCUT2D eigenvalue weighted by atomic mass is 32.2. The summed E-state index contributed by atoms with van der Waals surface area (Å²) in [4.78, 5) is 18.9. The predicted octanol–water partition coefficient (Wildman–Crippen LogP) is 2.06. The van der Waals surface area contributed by atoms with Gasteiger partial charge in [-0.2, -0.15) is 4.31 Å². The molecule has 30 heavy (non-hydrogen) atoms. The summed E-state index contributed by atoms with van der Waals surface area (Å²) in [6, 6.07) is 11.3. The van der Waals surface area contributed by atoms with Crippen LogP contribution in [0.25, 0.3) is 5.69 Å². The third kappa shape index (κ3) is 3.90. The molecule has 1 fully saturated rings. The summed E-state index contributed by atoms with van der Waals surface area (Å²) >= 11 is 0. The number of hydrogen-bond acceptors (Lipinski definition) is 4. The Morgan fingerprint density at radius 1 is 1.00 bits per heavy atom. The zero-order chi connectivity index (χ0) is 21.3. The molecule has 0 radical (unpaired) electrons. The van der Waals surface area contributed by atoms with E-state index in [9.17, 15) is 13.2 Å². The van der Waals surface area contributed by atoms with Crippen molar-refractivity contribution in [2.45, 2.75) is 18.4 Å². The molecule has 0 aliphatic carbocycles. The van der Waals surface area contributed by atoms with Gasteiger partial charge in [-0.15, -0.1) is 0 Å². The Labute approximate surface area is 176 Å². The Kier molecular flexibility index (Phi) is 5.48. The molecular formula is C21H25N5O3S. The number of amides is 1. The van der Waals surface area contributed by atoms with Crippen LogP contribution in [0.2, 0.25) is 0 Å². The molecule has 0 unspecified atom stereocenters. The van der Waals surface area contributed by atoms with Crippen LogP contribution in [0, 0.1) is 6.92 Å². The number of aryl methyl sites for hydroxylation is 2. The van der Waals surface area contributed by atoms with Crippen molar-refractivity contribution >= 4 is 15.9 Å². The summed E-state index contributed by atoms with van der Waals surface area (Å²) in [6.45, 7) is 3.26. The van der Waals surface area contributed by atoms with Crippen molar-refractivity contribution in [3.8, 4) is 5.69 Å². The molecule has 1 saturated heterocycles. The first-order valence-electron chi connectivity index (χ1n) is 9.89. The lowest BCUT2D eigenvalue weighted by molar-refractivity contribution is 0.0764. The normalized spacial score (nSPS) is 15.9. The average Bonchev–Trinajstić information content (AvgIpc) is 3.31. The van der Waals surface area contributed by atoms with Crippen LogP contribution in [0.4, 0.5) is 0 Å². The molecule has 0 spiro atoms. The van der Waals surface area contributed by atoms with E-state index in [-0.39, 0.29) is 17.5 Å². The van der Waals surface area contributed by atoms with Crippen molar-refractivity contribution in [1.82, 2.24) is 23.3 Å². The van der Waals surface area contributed by atoms with E-state index >= 15 is 0 Å². The minimum atomic E-state index is -3.67. The molecule has 0 saturated carbocycles. The molecule has 3 heterocycles. The van der Waals surface area contributed by atoms with Crippen molar-refractivity contribution in [2.24, 2.45) is 7.05 Å². The van der Waals surface area contributed by atoms with E-state index in [0.717, 1.165) is 5.69 Å². The highest BCUT2D eigenvalue weighted by Gasteiger charge is 2.30. The Bertz CT molecular complexity index is 1110. The second-order valence-corrected chi connectivity index (χ2v) is 9.31. The first-order chi connectivity index (χ1) is 14.4. The van der Waals surface area contributed by atoms with E-state index in [1.165, 1.54) is 10.5 Å². The number of hydrogen-bond donors (Lipinski definition) is 0. The number of sulfonamides is 1. The van der Waals surface area contributed by atoms with Gasteiger partial charge in [0.1, 0.15) is 5.82 Å². The predicted molar refractivity (Wildman–Crippen MR) is 113 cm³/mol. The monoisotopic (exact) mass is 427 g/mol. The fourth-order valence-corrected chi connectivity index (χ4v) is 5.08. The zero-order valence-electron chi connectivity index (χ0n) is 17.1. The Balaban J connectivity index is 1.45. The minimum Gasteiger partial charge on any atom is -0.337 e. The maximum Gasteiger partial charge on any atom is 0.262 e. The molecule has 0 atom stereocenters. The van der Waals surface area contributed by atoms with Gasteiger partial charge in [-0.1, -0.05) is 0 Å². The molecule has 8 nitrogen and oxygen atoms in total. The van der Waals surface area contributed by atoms with Gasteiger partial charge in [0.15, 0.2) is 5.03 Å². The largest absolute Gasteiger partial charge is 0.337 e. The maximum atomic E-state index is 13.0. The summed E-state index contributed by atoms with van der Waals surface area (Å²) in [5.41, 5.74) is 1.58. The van der Waals surface area contributed by atoms with Crippen LogP contribution >= 0.6 is 0 Å². The van der Waals surface area contributed by atoms with Gasteiger partial charge >= 0.3 is 0 Å². The second-order valence-electron chi connectivity index (χ2n) is 7.42. The first kappa shape index (κ1) is 20.4. The molecule has 0 N–H and O–H groups in total. The average molecular weight is 428 g/mol. The number of carbonyl (C=O) groups excluding carboxylic acids is 1. The first-order valence-corrected chi connectivity index (χ1v) is 11.3. The highest BCUT2D eigenvalue weighted by Crippen LogP contribution is 2.18. The van der Waals surface area contributed by atoms with Crippen LogP contribution in [-0.4, -0.2) is 63.8 Å². The molecule has 0 bridgehead atoms. The summed E-state index contributed by atoms with van der Waals surface area (Å²) in [6.07, 6.45) is 6.01. The second kappa shape index (κ2) is 8.08. The number of benzene rings is 1. The topological polar surface area (TPSA) is 80.4 Å². The Morgan fingerprint density at radius 2 is 1.70 bits per heavy atom. The molecule has 1 amide bonds. The molecule has 1 aromatic carbocycles. The lowest BCUT2D eigenvalue weighted by atomic mass is 10.1. The molecule has 3 aromatic rings. The molecule has 1 aliphatic rings. The number of rotatable bonds is 4. The lowest BCUT2D eigenvalue weighted by Gasteiger charge is -2.21. The van der Waals surface area contributed by atoms with Gasteiger partial charge in [-0.3, -0.25) is 4.79 Å². The lowest BCUT2D eigenvalue weighted by Crippen LogP contribution is -2.37. The summed E-state index contributed by atoms with van der Waals surface area (Å²) < 4.78 is 31.0. The van der Waals surface area contributed by atoms with Gasteiger partial charge in [0, 0.05) is 63.1 Å². The highest BCUT2D eigenvalue weighted by molar-refractivity contribution is 7.89.